The van der Waals surface area contributed by atoms with Gasteiger partial charge in [0.25, 0.3) is 0 Å². The Morgan fingerprint density at radius 1 is 1.59 bits per heavy atom. The molecule has 3 nitrogen and oxygen atoms in total. The number of carbonyl (C=O) groups is 1. The Kier molecular flexibility index (Phi) is 4.03. The largest absolute Gasteiger partial charge is 0.480 e. The van der Waals surface area contributed by atoms with E-state index in [-0.39, 0.29) is 10.9 Å². The standard InChI is InChI=1S/C13H23NO2S/c1-9(2)6-10-4-3-5-13(7-10)14-11(8-17-13)12(15)16/h9-11,14H,3-8H2,1-2H3,(H,15,16)/t10?,11-,13?/m1/s1. The fourth-order valence-corrected chi connectivity index (χ4v) is 4.83. The van der Waals surface area contributed by atoms with Crippen LogP contribution in [0.3, 0.4) is 0 Å². The zero-order valence-corrected chi connectivity index (χ0v) is 11.6. The van der Waals surface area contributed by atoms with E-state index in [1.165, 1.54) is 19.3 Å². The molecule has 1 spiro atoms. The molecule has 2 rings (SSSR count). The monoisotopic (exact) mass is 257 g/mol. The molecule has 2 unspecified atom stereocenters. The molecule has 1 aliphatic heterocycles. The van der Waals surface area contributed by atoms with Crippen molar-refractivity contribution in [1.29, 1.82) is 0 Å². The maximum atomic E-state index is 11.0. The summed E-state index contributed by atoms with van der Waals surface area (Å²) < 4.78 is 0. The van der Waals surface area contributed by atoms with Crippen LogP contribution in [-0.4, -0.2) is 27.7 Å². The first-order valence-electron chi connectivity index (χ1n) is 6.65. The molecule has 0 aromatic carbocycles. The summed E-state index contributed by atoms with van der Waals surface area (Å²) in [6, 6.07) is -0.335. The molecule has 1 saturated heterocycles. The minimum absolute atomic E-state index is 0.0703. The molecular weight excluding hydrogens is 234 g/mol. The maximum Gasteiger partial charge on any atom is 0.321 e. The second kappa shape index (κ2) is 5.19. The second-order valence-electron chi connectivity index (χ2n) is 5.93. The van der Waals surface area contributed by atoms with Crippen molar-refractivity contribution >= 4 is 17.7 Å². The molecule has 0 bridgehead atoms. The Balaban J connectivity index is 1.95. The lowest BCUT2D eigenvalue weighted by Gasteiger charge is -2.38. The average Bonchev–Trinajstić information content (AvgIpc) is 2.61. The van der Waals surface area contributed by atoms with Gasteiger partial charge in [0.15, 0.2) is 0 Å². The van der Waals surface area contributed by atoms with Crippen LogP contribution in [0.4, 0.5) is 0 Å². The van der Waals surface area contributed by atoms with Gasteiger partial charge in [0.05, 0.1) is 4.87 Å². The lowest BCUT2D eigenvalue weighted by atomic mass is 9.80. The number of thioether (sulfide) groups is 1. The van der Waals surface area contributed by atoms with Crippen LogP contribution < -0.4 is 5.32 Å². The molecular formula is C13H23NO2S. The van der Waals surface area contributed by atoms with Crippen LogP contribution in [0, 0.1) is 11.8 Å². The van der Waals surface area contributed by atoms with Crippen molar-refractivity contribution in [2.24, 2.45) is 11.8 Å². The summed E-state index contributed by atoms with van der Waals surface area (Å²) in [6.45, 7) is 4.55. The van der Waals surface area contributed by atoms with Crippen molar-refractivity contribution < 1.29 is 9.90 Å². The van der Waals surface area contributed by atoms with Gasteiger partial charge in [0.1, 0.15) is 6.04 Å². The summed E-state index contributed by atoms with van der Waals surface area (Å²) in [7, 11) is 0. The highest BCUT2D eigenvalue weighted by atomic mass is 32.2. The molecule has 1 saturated carbocycles. The third kappa shape index (κ3) is 3.16. The molecule has 0 amide bonds. The lowest BCUT2D eigenvalue weighted by Crippen LogP contribution is -2.47. The van der Waals surface area contributed by atoms with E-state index in [4.69, 9.17) is 5.11 Å². The van der Waals surface area contributed by atoms with Crippen molar-refractivity contribution in [1.82, 2.24) is 5.32 Å². The van der Waals surface area contributed by atoms with E-state index in [0.717, 1.165) is 30.4 Å². The Morgan fingerprint density at radius 3 is 2.94 bits per heavy atom. The predicted molar refractivity (Wildman–Crippen MR) is 71.2 cm³/mol. The van der Waals surface area contributed by atoms with E-state index in [9.17, 15) is 4.79 Å². The van der Waals surface area contributed by atoms with Crippen molar-refractivity contribution in [3.63, 3.8) is 0 Å². The number of carboxylic acids is 1. The average molecular weight is 257 g/mol. The second-order valence-corrected chi connectivity index (χ2v) is 7.34. The number of carboxylic acid groups (broad SMARTS) is 1. The molecule has 4 heteroatoms. The van der Waals surface area contributed by atoms with Crippen LogP contribution >= 0.6 is 11.8 Å². The minimum atomic E-state index is -0.694. The van der Waals surface area contributed by atoms with Crippen LogP contribution in [0.15, 0.2) is 0 Å². The number of hydrogen-bond donors (Lipinski definition) is 2. The van der Waals surface area contributed by atoms with Gasteiger partial charge < -0.3 is 5.11 Å². The third-order valence-corrected chi connectivity index (χ3v) is 5.42. The molecule has 2 N–H and O–H groups in total. The zero-order valence-electron chi connectivity index (χ0n) is 10.7. The van der Waals surface area contributed by atoms with Crippen LogP contribution in [-0.2, 0) is 4.79 Å². The van der Waals surface area contributed by atoms with E-state index in [1.807, 2.05) is 11.8 Å². The molecule has 0 radical (unpaired) electrons. The maximum absolute atomic E-state index is 11.0. The fraction of sp³-hybridized carbons (Fsp3) is 0.923. The van der Waals surface area contributed by atoms with Crippen LogP contribution in [0.1, 0.15) is 46.0 Å². The first-order chi connectivity index (χ1) is 8.01. The number of rotatable bonds is 3. The predicted octanol–water partition coefficient (Wildman–Crippen LogP) is 2.71. The van der Waals surface area contributed by atoms with E-state index < -0.39 is 5.97 Å². The van der Waals surface area contributed by atoms with Gasteiger partial charge >= 0.3 is 5.97 Å². The smallest absolute Gasteiger partial charge is 0.321 e. The van der Waals surface area contributed by atoms with Crippen LogP contribution in [0.25, 0.3) is 0 Å². The zero-order chi connectivity index (χ0) is 12.5. The highest BCUT2D eigenvalue weighted by Crippen LogP contribution is 2.45. The van der Waals surface area contributed by atoms with Crippen molar-refractivity contribution in [2.75, 3.05) is 5.75 Å². The normalized spacial score (nSPS) is 37.8. The van der Waals surface area contributed by atoms with E-state index in [0.29, 0.717) is 0 Å². The van der Waals surface area contributed by atoms with Crippen LogP contribution in [0.5, 0.6) is 0 Å². The minimum Gasteiger partial charge on any atom is -0.480 e. The Bertz CT molecular complexity index is 295. The first-order valence-corrected chi connectivity index (χ1v) is 7.64. The van der Waals surface area contributed by atoms with Crippen molar-refractivity contribution in [3.05, 3.63) is 0 Å². The molecule has 1 heterocycles. The quantitative estimate of drug-likeness (QED) is 0.816. The molecule has 2 aliphatic rings. The molecule has 98 valence electrons. The first kappa shape index (κ1) is 13.2. The van der Waals surface area contributed by atoms with Gasteiger partial charge in [-0.15, -0.1) is 11.8 Å². The van der Waals surface area contributed by atoms with Gasteiger partial charge in [0.2, 0.25) is 0 Å². The van der Waals surface area contributed by atoms with Gasteiger partial charge in [-0.2, -0.15) is 0 Å². The Morgan fingerprint density at radius 2 is 2.35 bits per heavy atom. The highest BCUT2D eigenvalue weighted by molar-refractivity contribution is 8.00. The van der Waals surface area contributed by atoms with Gasteiger partial charge in [0, 0.05) is 5.75 Å². The third-order valence-electron chi connectivity index (χ3n) is 3.88. The Labute approximate surface area is 108 Å². The van der Waals surface area contributed by atoms with Crippen molar-refractivity contribution in [3.8, 4) is 0 Å². The lowest BCUT2D eigenvalue weighted by molar-refractivity contribution is -0.139. The highest BCUT2D eigenvalue weighted by Gasteiger charge is 2.44. The summed E-state index contributed by atoms with van der Waals surface area (Å²) in [5, 5.41) is 12.4. The summed E-state index contributed by atoms with van der Waals surface area (Å²) in [5.74, 6) is 1.55. The van der Waals surface area contributed by atoms with Crippen LogP contribution in [0.2, 0.25) is 0 Å². The SMILES string of the molecule is CC(C)CC1CCCC2(C1)N[C@@H](C(=O)O)CS2. The Hall–Kier alpha value is -0.220. The summed E-state index contributed by atoms with van der Waals surface area (Å²) >= 11 is 1.84. The summed E-state index contributed by atoms with van der Waals surface area (Å²) in [5.41, 5.74) is 0. The van der Waals surface area contributed by atoms with E-state index in [1.54, 1.807) is 0 Å². The molecule has 3 atom stereocenters. The van der Waals surface area contributed by atoms with E-state index in [2.05, 4.69) is 19.2 Å². The molecule has 17 heavy (non-hydrogen) atoms. The molecule has 2 fully saturated rings. The van der Waals surface area contributed by atoms with Gasteiger partial charge in [-0.1, -0.05) is 26.7 Å². The fourth-order valence-electron chi connectivity index (χ4n) is 3.25. The molecule has 0 aromatic heterocycles. The van der Waals surface area contributed by atoms with E-state index >= 15 is 0 Å². The summed E-state index contributed by atoms with van der Waals surface area (Å²) in [4.78, 5) is 11.1. The molecule has 0 aromatic rings. The summed E-state index contributed by atoms with van der Waals surface area (Å²) in [6.07, 6.45) is 6.13. The van der Waals surface area contributed by atoms with Gasteiger partial charge in [-0.3, -0.25) is 10.1 Å². The van der Waals surface area contributed by atoms with Crippen molar-refractivity contribution in [2.45, 2.75) is 56.9 Å². The number of hydrogen-bond acceptors (Lipinski definition) is 3. The topological polar surface area (TPSA) is 49.3 Å². The number of aliphatic carboxylic acids is 1. The van der Waals surface area contributed by atoms with Gasteiger partial charge in [-0.05, 0) is 31.1 Å². The number of nitrogens with one attached hydrogen (secondary N) is 1. The van der Waals surface area contributed by atoms with Gasteiger partial charge in [-0.25, -0.2) is 0 Å². The molecule has 1 aliphatic carbocycles.